The van der Waals surface area contributed by atoms with Gasteiger partial charge >= 0.3 is 0 Å². The smallest absolute Gasteiger partial charge is 0.191 e. The molecular weight excluding hydrogens is 369 g/mol. The van der Waals surface area contributed by atoms with E-state index in [9.17, 15) is 4.39 Å². The van der Waals surface area contributed by atoms with E-state index in [2.05, 4.69) is 34.4 Å². The molecule has 1 aliphatic heterocycles. The number of ether oxygens (including phenoxy) is 1. The minimum atomic E-state index is -0.396. The Bertz CT molecular complexity index is 693. The molecule has 0 saturated carbocycles. The van der Waals surface area contributed by atoms with Crippen LogP contribution in [0.3, 0.4) is 0 Å². The lowest BCUT2D eigenvalue weighted by Crippen LogP contribution is -2.53. The first-order valence-corrected chi connectivity index (χ1v) is 10.6. The lowest BCUT2D eigenvalue weighted by molar-refractivity contribution is 0.00272. The molecule has 0 aromatic heterocycles. The van der Waals surface area contributed by atoms with E-state index in [-0.39, 0.29) is 6.54 Å². The van der Waals surface area contributed by atoms with Crippen molar-refractivity contribution in [3.05, 3.63) is 35.1 Å². The van der Waals surface area contributed by atoms with Gasteiger partial charge in [-0.25, -0.2) is 9.38 Å². The van der Waals surface area contributed by atoms with Crippen LogP contribution in [0, 0.1) is 23.1 Å². The first-order chi connectivity index (χ1) is 14.1. The van der Waals surface area contributed by atoms with Crippen LogP contribution < -0.4 is 10.6 Å². The van der Waals surface area contributed by atoms with Crippen molar-refractivity contribution in [1.82, 2.24) is 15.5 Å². The van der Waals surface area contributed by atoms with Gasteiger partial charge in [0.05, 0.1) is 31.4 Å². The Balaban J connectivity index is 2.06. The molecule has 1 aromatic rings. The summed E-state index contributed by atoms with van der Waals surface area (Å²) in [5.74, 6) is 0.881. The fraction of sp³-hybridized carbons (Fsp3) is 0.636. The zero-order chi connectivity index (χ0) is 21.1. The quantitative estimate of drug-likeness (QED) is 0.490. The number of halogens is 1. The van der Waals surface area contributed by atoms with Gasteiger partial charge in [-0.2, -0.15) is 5.26 Å². The van der Waals surface area contributed by atoms with Crippen molar-refractivity contribution in [3.8, 4) is 6.07 Å². The number of guanidine groups is 1. The van der Waals surface area contributed by atoms with Crippen LogP contribution in [-0.2, 0) is 11.3 Å². The fourth-order valence-electron chi connectivity index (χ4n) is 3.79. The second kappa shape index (κ2) is 12.4. The molecule has 0 aliphatic carbocycles. The van der Waals surface area contributed by atoms with Crippen molar-refractivity contribution < 1.29 is 9.13 Å². The highest BCUT2D eigenvalue weighted by Crippen LogP contribution is 2.19. The monoisotopic (exact) mass is 403 g/mol. The normalized spacial score (nSPS) is 16.5. The molecule has 1 aliphatic rings. The average Bonchev–Trinajstić information content (AvgIpc) is 2.76. The molecule has 1 heterocycles. The van der Waals surface area contributed by atoms with Gasteiger partial charge < -0.3 is 15.4 Å². The molecular formula is C22H34FN5O. The summed E-state index contributed by atoms with van der Waals surface area (Å²) < 4.78 is 19.7. The Hall–Kier alpha value is -2.17. The first kappa shape index (κ1) is 23.1. The Kier molecular flexibility index (Phi) is 9.89. The predicted octanol–water partition coefficient (Wildman–Crippen LogP) is 2.89. The molecule has 1 fully saturated rings. The van der Waals surface area contributed by atoms with Gasteiger partial charge in [0.1, 0.15) is 5.82 Å². The Labute approximate surface area is 174 Å². The first-order valence-electron chi connectivity index (χ1n) is 10.6. The van der Waals surface area contributed by atoms with Crippen LogP contribution in [0.5, 0.6) is 0 Å². The van der Waals surface area contributed by atoms with Crippen molar-refractivity contribution in [3.63, 3.8) is 0 Å². The van der Waals surface area contributed by atoms with Gasteiger partial charge in [0.15, 0.2) is 5.96 Å². The average molecular weight is 404 g/mol. The molecule has 2 N–H and O–H groups in total. The van der Waals surface area contributed by atoms with Crippen molar-refractivity contribution in [2.75, 3.05) is 39.4 Å². The molecule has 6 nitrogen and oxygen atoms in total. The fourth-order valence-corrected chi connectivity index (χ4v) is 3.79. The van der Waals surface area contributed by atoms with Gasteiger partial charge in [-0.3, -0.25) is 4.90 Å². The lowest BCUT2D eigenvalue weighted by atomic mass is 9.92. The number of nitrogens with one attached hydrogen (secondary N) is 2. The topological polar surface area (TPSA) is 72.7 Å². The van der Waals surface area contributed by atoms with Gasteiger partial charge in [-0.15, -0.1) is 0 Å². The van der Waals surface area contributed by atoms with Crippen molar-refractivity contribution in [2.45, 2.75) is 46.2 Å². The lowest BCUT2D eigenvalue weighted by Gasteiger charge is -2.39. The molecule has 0 amide bonds. The van der Waals surface area contributed by atoms with Crippen LogP contribution in [0.4, 0.5) is 4.39 Å². The van der Waals surface area contributed by atoms with Crippen LogP contribution >= 0.6 is 0 Å². The van der Waals surface area contributed by atoms with Crippen LogP contribution in [0.1, 0.15) is 44.7 Å². The maximum atomic E-state index is 14.1. The van der Waals surface area contributed by atoms with E-state index in [4.69, 9.17) is 10.00 Å². The number of benzene rings is 1. The van der Waals surface area contributed by atoms with Crippen LogP contribution in [-0.4, -0.2) is 56.3 Å². The molecule has 1 saturated heterocycles. The van der Waals surface area contributed by atoms with Crippen molar-refractivity contribution in [2.24, 2.45) is 10.9 Å². The predicted molar refractivity (Wildman–Crippen MR) is 114 cm³/mol. The highest BCUT2D eigenvalue weighted by molar-refractivity contribution is 5.79. The summed E-state index contributed by atoms with van der Waals surface area (Å²) in [5, 5.41) is 15.6. The maximum absolute atomic E-state index is 14.1. The highest BCUT2D eigenvalue weighted by Gasteiger charge is 2.27. The number of morpholine rings is 1. The number of aliphatic imine (C=N–C) groups is 1. The van der Waals surface area contributed by atoms with Gasteiger partial charge in [0, 0.05) is 37.8 Å². The van der Waals surface area contributed by atoms with Crippen LogP contribution in [0.2, 0.25) is 0 Å². The molecule has 2 rings (SSSR count). The summed E-state index contributed by atoms with van der Waals surface area (Å²) in [7, 11) is 0. The van der Waals surface area contributed by atoms with E-state index in [1.165, 1.54) is 6.07 Å². The summed E-state index contributed by atoms with van der Waals surface area (Å²) in [6.45, 7) is 11.7. The summed E-state index contributed by atoms with van der Waals surface area (Å²) in [4.78, 5) is 7.07. The molecule has 1 atom stereocenters. The summed E-state index contributed by atoms with van der Waals surface area (Å²) in [6.07, 6.45) is 2.26. The third-order valence-electron chi connectivity index (χ3n) is 5.52. The molecule has 160 valence electrons. The Morgan fingerprint density at radius 3 is 2.55 bits per heavy atom. The Morgan fingerprint density at radius 1 is 1.24 bits per heavy atom. The van der Waals surface area contributed by atoms with E-state index < -0.39 is 5.82 Å². The van der Waals surface area contributed by atoms with Crippen molar-refractivity contribution in [1.29, 1.82) is 5.26 Å². The third-order valence-corrected chi connectivity index (χ3v) is 5.52. The number of hydrogen-bond acceptors (Lipinski definition) is 4. The standard InChI is InChI=1S/C22H34FN5O/c1-4-18(5-2)21(28-9-11-29-12-10-28)16-27-22(25-6-3)26-15-19-8-7-17(14-24)13-20(19)23/h7-8,13,18,21H,4-6,9-12,15-16H2,1-3H3,(H2,25,26,27). The molecule has 1 unspecified atom stereocenters. The van der Waals surface area contributed by atoms with Crippen LogP contribution in [0.15, 0.2) is 23.2 Å². The molecule has 29 heavy (non-hydrogen) atoms. The minimum absolute atomic E-state index is 0.222. The SMILES string of the molecule is CCNC(=NCc1ccc(C#N)cc1F)NCC(C(CC)CC)N1CCOCC1. The molecule has 7 heteroatoms. The van der Waals surface area contributed by atoms with Gasteiger partial charge in [-0.05, 0) is 25.0 Å². The molecule has 1 aromatic carbocycles. The summed E-state index contributed by atoms with van der Waals surface area (Å²) in [6, 6.07) is 6.86. The Morgan fingerprint density at radius 2 is 1.97 bits per heavy atom. The third kappa shape index (κ3) is 6.98. The second-order valence-corrected chi connectivity index (χ2v) is 7.29. The van der Waals surface area contributed by atoms with E-state index in [0.29, 0.717) is 29.0 Å². The van der Waals surface area contributed by atoms with Crippen molar-refractivity contribution >= 4 is 5.96 Å². The number of hydrogen-bond donors (Lipinski definition) is 2. The molecule has 0 bridgehead atoms. The molecule has 0 spiro atoms. The highest BCUT2D eigenvalue weighted by atomic mass is 19.1. The van der Waals surface area contributed by atoms with Gasteiger partial charge in [-0.1, -0.05) is 32.8 Å². The zero-order valence-corrected chi connectivity index (χ0v) is 17.9. The van der Waals surface area contributed by atoms with Gasteiger partial charge in [0.2, 0.25) is 0 Å². The largest absolute Gasteiger partial charge is 0.379 e. The summed E-state index contributed by atoms with van der Waals surface area (Å²) in [5.41, 5.74) is 0.796. The second-order valence-electron chi connectivity index (χ2n) is 7.29. The number of rotatable bonds is 9. The summed E-state index contributed by atoms with van der Waals surface area (Å²) >= 11 is 0. The van der Waals surface area contributed by atoms with E-state index in [0.717, 1.165) is 52.2 Å². The number of nitrogens with zero attached hydrogens (tertiary/aromatic N) is 3. The van der Waals surface area contributed by atoms with Crippen LogP contribution in [0.25, 0.3) is 0 Å². The maximum Gasteiger partial charge on any atom is 0.191 e. The van der Waals surface area contributed by atoms with E-state index in [1.807, 2.05) is 13.0 Å². The molecule has 0 radical (unpaired) electrons. The van der Waals surface area contributed by atoms with E-state index >= 15 is 0 Å². The number of nitriles is 1. The zero-order valence-electron chi connectivity index (χ0n) is 17.9. The minimum Gasteiger partial charge on any atom is -0.379 e. The van der Waals surface area contributed by atoms with Gasteiger partial charge in [0.25, 0.3) is 0 Å². The van der Waals surface area contributed by atoms with E-state index in [1.54, 1.807) is 12.1 Å².